The van der Waals surface area contributed by atoms with E-state index >= 15 is 0 Å². The van der Waals surface area contributed by atoms with E-state index in [2.05, 4.69) is 5.32 Å². The molecule has 1 aliphatic rings. The number of urea groups is 1. The molecule has 22 heavy (non-hydrogen) atoms. The van der Waals surface area contributed by atoms with Gasteiger partial charge in [-0.1, -0.05) is 6.07 Å². The third kappa shape index (κ3) is 3.35. The summed E-state index contributed by atoms with van der Waals surface area (Å²) >= 11 is 0. The van der Waals surface area contributed by atoms with Gasteiger partial charge in [0.2, 0.25) is 0 Å². The number of carbonyl (C=O) groups is 1. The van der Waals surface area contributed by atoms with E-state index in [9.17, 15) is 9.90 Å². The summed E-state index contributed by atoms with van der Waals surface area (Å²) in [6, 6.07) is 5.61. The third-order valence-corrected chi connectivity index (χ3v) is 4.36. The van der Waals surface area contributed by atoms with E-state index in [1.807, 2.05) is 44.1 Å². The van der Waals surface area contributed by atoms with Crippen molar-refractivity contribution in [3.05, 3.63) is 23.8 Å². The maximum Gasteiger partial charge on any atom is 0.322 e. The highest BCUT2D eigenvalue weighted by Crippen LogP contribution is 2.29. The number of nitrogens with one attached hydrogen (secondary N) is 1. The summed E-state index contributed by atoms with van der Waals surface area (Å²) in [4.78, 5) is 16.4. The minimum absolute atomic E-state index is 0.134. The van der Waals surface area contributed by atoms with Crippen molar-refractivity contribution in [1.82, 2.24) is 4.90 Å². The van der Waals surface area contributed by atoms with Crippen LogP contribution < -0.4 is 10.2 Å². The Kier molecular flexibility index (Phi) is 4.66. The smallest absolute Gasteiger partial charge is 0.322 e. The number of rotatable bonds is 3. The van der Waals surface area contributed by atoms with Gasteiger partial charge in [0.25, 0.3) is 0 Å². The lowest BCUT2D eigenvalue weighted by Gasteiger charge is -2.34. The Hall–Kier alpha value is -1.75. The van der Waals surface area contributed by atoms with Gasteiger partial charge in [0, 0.05) is 32.0 Å². The molecule has 2 N–H and O–H groups in total. The molecule has 1 fully saturated rings. The molecule has 0 saturated carbocycles. The second kappa shape index (κ2) is 6.16. The molecule has 0 aliphatic carbocycles. The molecule has 5 heteroatoms. The largest absolute Gasteiger partial charge is 0.388 e. The third-order valence-electron chi connectivity index (χ3n) is 4.36. The van der Waals surface area contributed by atoms with Gasteiger partial charge >= 0.3 is 6.03 Å². The molecule has 0 radical (unpaired) electrons. The van der Waals surface area contributed by atoms with Crippen LogP contribution in [0.5, 0.6) is 0 Å². The molecular weight excluding hydrogens is 278 g/mol. The lowest BCUT2D eigenvalue weighted by atomic mass is 9.97. The summed E-state index contributed by atoms with van der Waals surface area (Å²) < 4.78 is 0. The fourth-order valence-electron chi connectivity index (χ4n) is 3.17. The molecule has 1 atom stereocenters. The number of anilines is 2. The predicted octanol–water partition coefficient (Wildman–Crippen LogP) is 2.83. The fraction of sp³-hybridized carbons (Fsp3) is 0.588. The Balaban J connectivity index is 2.17. The molecule has 2 rings (SSSR count). The van der Waals surface area contributed by atoms with Crippen molar-refractivity contribution < 1.29 is 9.90 Å². The SMILES string of the molecule is Cc1c(NC(=O)N2CCCC2C(C)(C)O)cccc1N(C)C. The second-order valence-electron chi connectivity index (χ2n) is 6.78. The number of carbonyl (C=O) groups excluding carboxylic acids is 1. The second-order valence-corrected chi connectivity index (χ2v) is 6.78. The summed E-state index contributed by atoms with van der Waals surface area (Å²) in [6.45, 7) is 6.22. The molecule has 0 aromatic heterocycles. The maximum atomic E-state index is 12.6. The van der Waals surface area contributed by atoms with E-state index in [1.165, 1.54) is 0 Å². The lowest BCUT2D eigenvalue weighted by Crippen LogP contribution is -2.49. The predicted molar refractivity (Wildman–Crippen MR) is 90.6 cm³/mol. The van der Waals surface area contributed by atoms with Crippen molar-refractivity contribution >= 4 is 17.4 Å². The fourth-order valence-corrected chi connectivity index (χ4v) is 3.17. The minimum Gasteiger partial charge on any atom is -0.388 e. The quantitative estimate of drug-likeness (QED) is 0.903. The van der Waals surface area contributed by atoms with Gasteiger partial charge in [-0.15, -0.1) is 0 Å². The van der Waals surface area contributed by atoms with Crippen LogP contribution in [0.3, 0.4) is 0 Å². The highest BCUT2D eigenvalue weighted by atomic mass is 16.3. The summed E-state index contributed by atoms with van der Waals surface area (Å²) in [7, 11) is 3.97. The highest BCUT2D eigenvalue weighted by molar-refractivity contribution is 5.91. The summed E-state index contributed by atoms with van der Waals surface area (Å²) in [5.41, 5.74) is 2.06. The van der Waals surface area contributed by atoms with Crippen LogP contribution in [0.1, 0.15) is 32.3 Å². The highest BCUT2D eigenvalue weighted by Gasteiger charge is 2.38. The number of aliphatic hydroxyl groups is 1. The Bertz CT molecular complexity index is 549. The van der Waals surface area contributed by atoms with Gasteiger partial charge in [-0.05, 0) is 51.3 Å². The van der Waals surface area contributed by atoms with E-state index in [0.717, 1.165) is 29.8 Å². The van der Waals surface area contributed by atoms with Crippen molar-refractivity contribution in [1.29, 1.82) is 0 Å². The lowest BCUT2D eigenvalue weighted by molar-refractivity contribution is 0.0117. The molecule has 1 aliphatic heterocycles. The molecule has 0 spiro atoms. The van der Waals surface area contributed by atoms with Crippen LogP contribution in [0.25, 0.3) is 0 Å². The first-order chi connectivity index (χ1) is 10.2. The van der Waals surface area contributed by atoms with Crippen molar-refractivity contribution in [3.63, 3.8) is 0 Å². The number of hydrogen-bond acceptors (Lipinski definition) is 3. The number of nitrogens with zero attached hydrogens (tertiary/aromatic N) is 2. The number of hydrogen-bond donors (Lipinski definition) is 2. The Morgan fingerprint density at radius 2 is 2.09 bits per heavy atom. The Labute approximate surface area is 132 Å². The zero-order chi connectivity index (χ0) is 16.5. The first kappa shape index (κ1) is 16.6. The van der Waals surface area contributed by atoms with Crippen molar-refractivity contribution in [2.24, 2.45) is 0 Å². The molecular formula is C17H27N3O2. The van der Waals surface area contributed by atoms with Crippen LogP contribution in [0.2, 0.25) is 0 Å². The van der Waals surface area contributed by atoms with E-state index in [-0.39, 0.29) is 12.1 Å². The number of benzene rings is 1. The summed E-state index contributed by atoms with van der Waals surface area (Å²) in [5, 5.41) is 13.2. The number of amides is 2. The van der Waals surface area contributed by atoms with Crippen molar-refractivity contribution in [2.45, 2.75) is 45.3 Å². The average molecular weight is 305 g/mol. The molecule has 0 bridgehead atoms. The van der Waals surface area contributed by atoms with Crippen LogP contribution in [-0.2, 0) is 0 Å². The van der Waals surface area contributed by atoms with Crippen LogP contribution in [0, 0.1) is 6.92 Å². The zero-order valence-corrected chi connectivity index (χ0v) is 14.2. The van der Waals surface area contributed by atoms with E-state index < -0.39 is 5.60 Å². The number of likely N-dealkylation sites (tertiary alicyclic amines) is 1. The Morgan fingerprint density at radius 1 is 1.41 bits per heavy atom. The summed E-state index contributed by atoms with van der Waals surface area (Å²) in [6.07, 6.45) is 1.77. The van der Waals surface area contributed by atoms with E-state index in [0.29, 0.717) is 6.54 Å². The van der Waals surface area contributed by atoms with Crippen LogP contribution in [0.4, 0.5) is 16.2 Å². The van der Waals surface area contributed by atoms with Gasteiger partial charge in [-0.25, -0.2) is 4.79 Å². The van der Waals surface area contributed by atoms with Gasteiger partial charge in [-0.3, -0.25) is 0 Å². The van der Waals surface area contributed by atoms with Crippen LogP contribution in [-0.4, -0.2) is 48.3 Å². The molecule has 1 heterocycles. The molecule has 1 saturated heterocycles. The van der Waals surface area contributed by atoms with Gasteiger partial charge in [-0.2, -0.15) is 0 Å². The van der Waals surface area contributed by atoms with Crippen molar-refractivity contribution in [3.8, 4) is 0 Å². The van der Waals surface area contributed by atoms with Gasteiger partial charge in [0.1, 0.15) is 0 Å². The topological polar surface area (TPSA) is 55.8 Å². The average Bonchev–Trinajstić information content (AvgIpc) is 2.90. The molecule has 122 valence electrons. The zero-order valence-electron chi connectivity index (χ0n) is 14.2. The first-order valence-electron chi connectivity index (χ1n) is 7.78. The van der Waals surface area contributed by atoms with Gasteiger partial charge in [0.05, 0.1) is 11.6 Å². The first-order valence-corrected chi connectivity index (χ1v) is 7.78. The molecule has 5 nitrogen and oxygen atoms in total. The van der Waals surface area contributed by atoms with Gasteiger partial charge < -0.3 is 20.2 Å². The normalized spacial score (nSPS) is 18.5. The summed E-state index contributed by atoms with van der Waals surface area (Å²) in [5.74, 6) is 0. The van der Waals surface area contributed by atoms with Crippen LogP contribution in [0.15, 0.2) is 18.2 Å². The van der Waals surface area contributed by atoms with Crippen LogP contribution >= 0.6 is 0 Å². The molecule has 2 amide bonds. The molecule has 1 aromatic rings. The Morgan fingerprint density at radius 3 is 2.68 bits per heavy atom. The standard InChI is InChI=1S/C17H27N3O2/c1-12-13(8-6-9-14(12)19(4)5)18-16(21)20-11-7-10-15(20)17(2,3)22/h6,8-9,15,22H,7,10-11H2,1-5H3,(H,18,21). The van der Waals surface area contributed by atoms with Gasteiger partial charge in [0.15, 0.2) is 0 Å². The maximum absolute atomic E-state index is 12.6. The molecule has 1 unspecified atom stereocenters. The molecule has 1 aromatic carbocycles. The van der Waals surface area contributed by atoms with Crippen molar-refractivity contribution in [2.75, 3.05) is 30.9 Å². The van der Waals surface area contributed by atoms with E-state index in [4.69, 9.17) is 0 Å². The van der Waals surface area contributed by atoms with E-state index in [1.54, 1.807) is 18.7 Å². The monoisotopic (exact) mass is 305 g/mol. The minimum atomic E-state index is -0.881.